The molecule has 0 aliphatic carbocycles. The molecule has 1 aliphatic heterocycles. The third-order valence-corrected chi connectivity index (χ3v) is 8.17. The predicted octanol–water partition coefficient (Wildman–Crippen LogP) is 4.45. The first-order valence-electron chi connectivity index (χ1n) is 15.3. The highest BCUT2D eigenvalue weighted by Crippen LogP contribution is 2.33. The zero-order chi connectivity index (χ0) is 31.5. The Bertz CT molecular complexity index is 1790. The van der Waals surface area contributed by atoms with Gasteiger partial charge in [0.2, 0.25) is 17.7 Å². The minimum absolute atomic E-state index is 0.0381. The van der Waals surface area contributed by atoms with Crippen LogP contribution in [0.2, 0.25) is 0 Å². The SMILES string of the molecule is CCN(CC)c1cc(O[C@H]2CCN(CC(=O)Nc3cccc4c(-c5nc(Nc6cc(C)n(C)n6)ncc5C)c[nH]c34)C2)ncn1. The van der Waals surface area contributed by atoms with E-state index >= 15 is 0 Å². The molecule has 45 heavy (non-hydrogen) atoms. The fourth-order valence-electron chi connectivity index (χ4n) is 5.68. The molecule has 3 N–H and O–H groups in total. The van der Waals surface area contributed by atoms with E-state index in [0.29, 0.717) is 24.2 Å². The molecule has 1 fully saturated rings. The van der Waals surface area contributed by atoms with Crippen LogP contribution in [0, 0.1) is 13.8 Å². The molecule has 4 aromatic heterocycles. The molecule has 0 bridgehead atoms. The summed E-state index contributed by atoms with van der Waals surface area (Å²) in [5.74, 6) is 2.48. The van der Waals surface area contributed by atoms with Gasteiger partial charge in [0.15, 0.2) is 5.82 Å². The van der Waals surface area contributed by atoms with E-state index in [1.807, 2.05) is 57.4 Å². The van der Waals surface area contributed by atoms with Crippen molar-refractivity contribution in [1.29, 1.82) is 0 Å². The molecule has 0 unspecified atom stereocenters. The fourth-order valence-corrected chi connectivity index (χ4v) is 5.68. The van der Waals surface area contributed by atoms with Crippen molar-refractivity contribution in [2.75, 3.05) is 48.3 Å². The number of nitrogens with zero attached hydrogens (tertiary/aromatic N) is 8. The molecule has 5 heterocycles. The van der Waals surface area contributed by atoms with Gasteiger partial charge in [0.25, 0.3) is 0 Å². The molecular formula is C32H39N11O2. The summed E-state index contributed by atoms with van der Waals surface area (Å²) in [7, 11) is 1.89. The first-order valence-corrected chi connectivity index (χ1v) is 15.3. The standard InChI is InChI=1S/C32H39N11O2/c1-6-43(7-2)27-14-29(36-19-35-27)45-22-11-12-42(17-22)18-28(44)37-25-10-8-9-23-24(16-33-31(23)25)30-20(3)15-34-32(39-30)38-26-13-21(4)41(5)40-26/h8-10,13-16,19,22,33H,6-7,11-12,17-18H2,1-5H3,(H,37,44)(H,34,38,39,40)/t22-/m0/s1. The molecule has 13 heteroatoms. The summed E-state index contributed by atoms with van der Waals surface area (Å²) < 4.78 is 7.97. The number of aromatic nitrogens is 7. The van der Waals surface area contributed by atoms with Gasteiger partial charge in [-0.15, -0.1) is 0 Å². The van der Waals surface area contributed by atoms with Gasteiger partial charge < -0.3 is 25.3 Å². The third-order valence-electron chi connectivity index (χ3n) is 8.17. The van der Waals surface area contributed by atoms with Gasteiger partial charge >= 0.3 is 0 Å². The van der Waals surface area contributed by atoms with Crippen LogP contribution in [0.25, 0.3) is 22.2 Å². The van der Waals surface area contributed by atoms with E-state index < -0.39 is 0 Å². The van der Waals surface area contributed by atoms with Gasteiger partial charge in [0.05, 0.1) is 23.4 Å². The van der Waals surface area contributed by atoms with Crippen LogP contribution in [-0.4, -0.2) is 84.3 Å². The number of carbonyl (C=O) groups excluding carboxylic acids is 1. The van der Waals surface area contributed by atoms with Crippen molar-refractivity contribution in [2.45, 2.75) is 40.2 Å². The number of aromatic amines is 1. The first kappa shape index (κ1) is 30.0. The number of benzene rings is 1. The van der Waals surface area contributed by atoms with Gasteiger partial charge in [-0.3, -0.25) is 14.4 Å². The van der Waals surface area contributed by atoms with Gasteiger partial charge in [-0.05, 0) is 45.7 Å². The van der Waals surface area contributed by atoms with Crippen LogP contribution >= 0.6 is 0 Å². The number of hydrogen-bond acceptors (Lipinski definition) is 10. The molecule has 1 saturated heterocycles. The molecule has 1 amide bonds. The van der Waals surface area contributed by atoms with E-state index in [-0.39, 0.29) is 18.6 Å². The number of fused-ring (bicyclic) bond motifs is 1. The van der Waals surface area contributed by atoms with Gasteiger partial charge in [0.1, 0.15) is 18.2 Å². The monoisotopic (exact) mass is 609 g/mol. The van der Waals surface area contributed by atoms with Crippen LogP contribution in [-0.2, 0) is 11.8 Å². The average molecular weight is 610 g/mol. The number of aryl methyl sites for hydroxylation is 3. The molecule has 1 atom stereocenters. The number of nitrogens with one attached hydrogen (secondary N) is 3. The molecule has 13 nitrogen and oxygen atoms in total. The second-order valence-electron chi connectivity index (χ2n) is 11.3. The van der Waals surface area contributed by atoms with Gasteiger partial charge in [-0.2, -0.15) is 5.10 Å². The van der Waals surface area contributed by atoms with E-state index in [1.54, 1.807) is 17.2 Å². The Labute approximate surface area is 262 Å². The molecule has 1 aromatic carbocycles. The van der Waals surface area contributed by atoms with Crippen LogP contribution in [0.4, 0.5) is 23.3 Å². The molecule has 0 radical (unpaired) electrons. The van der Waals surface area contributed by atoms with E-state index in [9.17, 15) is 4.79 Å². The second-order valence-corrected chi connectivity index (χ2v) is 11.3. The Kier molecular flexibility index (Phi) is 8.60. The average Bonchev–Trinajstić information content (AvgIpc) is 3.74. The van der Waals surface area contributed by atoms with Crippen LogP contribution in [0.3, 0.4) is 0 Å². The van der Waals surface area contributed by atoms with Crippen molar-refractivity contribution in [2.24, 2.45) is 7.05 Å². The maximum absolute atomic E-state index is 13.2. The molecule has 6 rings (SSSR count). The second kappa shape index (κ2) is 12.9. The number of para-hydroxylation sites is 1. The van der Waals surface area contributed by atoms with Crippen molar-refractivity contribution < 1.29 is 9.53 Å². The van der Waals surface area contributed by atoms with Crippen molar-refractivity contribution in [1.82, 2.24) is 39.6 Å². The summed E-state index contributed by atoms with van der Waals surface area (Å²) in [6.07, 6.45) is 6.05. The zero-order valence-corrected chi connectivity index (χ0v) is 26.3. The lowest BCUT2D eigenvalue weighted by molar-refractivity contribution is -0.117. The Balaban J connectivity index is 1.11. The van der Waals surface area contributed by atoms with E-state index in [1.165, 1.54) is 0 Å². The molecule has 234 valence electrons. The Morgan fingerprint density at radius 2 is 2.00 bits per heavy atom. The number of carbonyl (C=O) groups is 1. The van der Waals surface area contributed by atoms with Gasteiger partial charge in [-0.25, -0.2) is 19.9 Å². The number of amides is 1. The smallest absolute Gasteiger partial charge is 0.238 e. The highest BCUT2D eigenvalue weighted by Gasteiger charge is 2.26. The molecule has 0 spiro atoms. The Morgan fingerprint density at radius 3 is 2.78 bits per heavy atom. The Hall–Kier alpha value is -5.04. The number of hydrogen-bond donors (Lipinski definition) is 3. The molecular weight excluding hydrogens is 570 g/mol. The maximum Gasteiger partial charge on any atom is 0.238 e. The van der Waals surface area contributed by atoms with Gasteiger partial charge in [-0.1, -0.05) is 12.1 Å². The Morgan fingerprint density at radius 1 is 1.16 bits per heavy atom. The minimum atomic E-state index is -0.0829. The number of ether oxygens (including phenoxy) is 1. The number of anilines is 4. The number of rotatable bonds is 11. The van der Waals surface area contributed by atoms with Crippen LogP contribution in [0.5, 0.6) is 5.88 Å². The third kappa shape index (κ3) is 6.58. The van der Waals surface area contributed by atoms with Crippen LogP contribution in [0.1, 0.15) is 31.5 Å². The summed E-state index contributed by atoms with van der Waals surface area (Å²) >= 11 is 0. The van der Waals surface area contributed by atoms with Crippen molar-refractivity contribution >= 4 is 40.1 Å². The topological polar surface area (TPSA) is 142 Å². The van der Waals surface area contributed by atoms with Gasteiger partial charge in [0, 0.05) is 74.4 Å². The molecule has 5 aromatic rings. The first-order chi connectivity index (χ1) is 21.8. The summed E-state index contributed by atoms with van der Waals surface area (Å²) in [5, 5.41) is 11.7. The predicted molar refractivity (Wildman–Crippen MR) is 175 cm³/mol. The summed E-state index contributed by atoms with van der Waals surface area (Å²) in [6.45, 7) is 11.6. The van der Waals surface area contributed by atoms with Crippen LogP contribution < -0.4 is 20.3 Å². The van der Waals surface area contributed by atoms with E-state index in [4.69, 9.17) is 9.72 Å². The lowest BCUT2D eigenvalue weighted by atomic mass is 10.1. The fraction of sp³-hybridized carbons (Fsp3) is 0.375. The number of likely N-dealkylation sites (tertiary alicyclic amines) is 1. The summed E-state index contributed by atoms with van der Waals surface area (Å²) in [4.78, 5) is 38.7. The largest absolute Gasteiger partial charge is 0.473 e. The molecule has 1 aliphatic rings. The van der Waals surface area contributed by atoms with Crippen LogP contribution in [0.15, 0.2) is 49.1 Å². The highest BCUT2D eigenvalue weighted by molar-refractivity contribution is 6.06. The van der Waals surface area contributed by atoms with Crippen molar-refractivity contribution in [3.63, 3.8) is 0 Å². The quantitative estimate of drug-likeness (QED) is 0.197. The maximum atomic E-state index is 13.2. The highest BCUT2D eigenvalue weighted by atomic mass is 16.5. The van der Waals surface area contributed by atoms with Crippen molar-refractivity contribution in [3.05, 3.63) is 60.3 Å². The zero-order valence-electron chi connectivity index (χ0n) is 26.3. The summed E-state index contributed by atoms with van der Waals surface area (Å²) in [6, 6.07) is 9.70. The molecule has 0 saturated carbocycles. The minimum Gasteiger partial charge on any atom is -0.473 e. The summed E-state index contributed by atoms with van der Waals surface area (Å²) in [5.41, 5.74) is 5.24. The lowest BCUT2D eigenvalue weighted by Crippen LogP contribution is -2.33. The van der Waals surface area contributed by atoms with Crippen molar-refractivity contribution in [3.8, 4) is 17.1 Å². The lowest BCUT2D eigenvalue weighted by Gasteiger charge is -2.20. The van der Waals surface area contributed by atoms with E-state index in [2.05, 4.69) is 59.3 Å². The number of H-pyrrole nitrogens is 1. The van der Waals surface area contributed by atoms with E-state index in [0.717, 1.165) is 71.0 Å². The normalized spacial score (nSPS) is 15.0.